The lowest BCUT2D eigenvalue weighted by molar-refractivity contribution is -0.432. The van der Waals surface area contributed by atoms with E-state index in [0.29, 0.717) is 17.5 Å². The van der Waals surface area contributed by atoms with Gasteiger partial charge in [-0.25, -0.2) is 5.26 Å². The first-order chi connectivity index (χ1) is 8.17. The predicted octanol–water partition coefficient (Wildman–Crippen LogP) is 3.11. The molecule has 0 radical (unpaired) electrons. The van der Waals surface area contributed by atoms with Crippen LogP contribution < -0.4 is 4.74 Å². The van der Waals surface area contributed by atoms with Gasteiger partial charge in [-0.2, -0.15) is 0 Å². The molecule has 0 aliphatic carbocycles. The number of halogens is 1. The Balaban J connectivity index is 2.64. The van der Waals surface area contributed by atoms with Crippen molar-refractivity contribution in [3.8, 4) is 5.75 Å². The van der Waals surface area contributed by atoms with Crippen molar-refractivity contribution in [3.63, 3.8) is 0 Å². The lowest BCUT2D eigenvalue weighted by Crippen LogP contribution is -2.08. The summed E-state index contributed by atoms with van der Waals surface area (Å²) in [5, 5.41) is 12.1. The molecular weight excluding hydrogens is 312 g/mol. The fourth-order valence-electron chi connectivity index (χ4n) is 1.09. The molecule has 0 spiro atoms. The maximum atomic E-state index is 11.2. The first kappa shape index (κ1) is 14.5. The van der Waals surface area contributed by atoms with Crippen LogP contribution in [0.3, 0.4) is 0 Å². The lowest BCUT2D eigenvalue weighted by atomic mass is 10.2. The first-order valence-electron chi connectivity index (χ1n) is 4.69. The summed E-state index contributed by atoms with van der Waals surface area (Å²) in [6.07, 6.45) is 0.316. The summed E-state index contributed by atoms with van der Waals surface area (Å²) in [5.41, 5.74) is 0.844. The number of carbonyl (C=O) groups is 1. The smallest absolute Gasteiger partial charge is 0.312 e. The summed E-state index contributed by atoms with van der Waals surface area (Å²) >= 11 is 4.02. The average molecular weight is 323 g/mol. The zero-order chi connectivity index (χ0) is 12.7. The van der Waals surface area contributed by atoms with Crippen molar-refractivity contribution in [2.45, 2.75) is 18.2 Å². The number of alkyl halides is 1. The molecule has 1 aromatic rings. The third-order valence-electron chi connectivity index (χ3n) is 1.83. The van der Waals surface area contributed by atoms with E-state index in [1.807, 2.05) is 6.92 Å². The van der Waals surface area contributed by atoms with Gasteiger partial charge in [0.05, 0.1) is 18.5 Å². The quantitative estimate of drug-likeness (QED) is 0.217. The van der Waals surface area contributed by atoms with Crippen LogP contribution >= 0.6 is 28.0 Å². The van der Waals surface area contributed by atoms with Gasteiger partial charge < -0.3 is 4.74 Å². The second-order valence-corrected chi connectivity index (χ2v) is 4.60. The highest BCUT2D eigenvalue weighted by atomic mass is 79.9. The summed E-state index contributed by atoms with van der Waals surface area (Å²) in [5.74, 6) is 0.180. The fourth-order valence-corrected chi connectivity index (χ4v) is 1.83. The summed E-state index contributed by atoms with van der Waals surface area (Å²) < 4.78 is 9.41. The van der Waals surface area contributed by atoms with Crippen molar-refractivity contribution in [2.75, 3.05) is 5.33 Å². The highest BCUT2D eigenvalue weighted by Gasteiger charge is 2.07. The molecule has 0 aliphatic heterocycles. The number of carbonyl (C=O) groups excluding carboxylic acids is 1. The van der Waals surface area contributed by atoms with Gasteiger partial charge in [0.2, 0.25) is 0 Å². The molecule has 0 saturated heterocycles. The fraction of sp³-hybridized carbons (Fsp3) is 0.300. The van der Waals surface area contributed by atoms with Crippen molar-refractivity contribution in [3.05, 3.63) is 23.8 Å². The number of benzene rings is 1. The summed E-state index contributed by atoms with van der Waals surface area (Å²) in [6.45, 7) is 1.82. The van der Waals surface area contributed by atoms with E-state index >= 15 is 0 Å². The molecule has 7 heteroatoms. The SMILES string of the molecule is Cc1cc(OC(=O)CCBr)ccc1SOOO. The molecule has 0 atom stereocenters. The van der Waals surface area contributed by atoms with E-state index in [2.05, 4.69) is 25.3 Å². The molecule has 94 valence electrons. The Labute approximate surface area is 111 Å². The van der Waals surface area contributed by atoms with Gasteiger partial charge in [-0.1, -0.05) is 21.0 Å². The van der Waals surface area contributed by atoms with E-state index in [1.54, 1.807) is 18.2 Å². The van der Waals surface area contributed by atoms with Gasteiger partial charge in [0, 0.05) is 10.2 Å². The summed E-state index contributed by atoms with van der Waals surface area (Å²) in [4.78, 5) is 12.0. The van der Waals surface area contributed by atoms with Crippen molar-refractivity contribution in [1.29, 1.82) is 0 Å². The van der Waals surface area contributed by atoms with Crippen LogP contribution in [0.15, 0.2) is 23.1 Å². The zero-order valence-corrected chi connectivity index (χ0v) is 11.4. The van der Waals surface area contributed by atoms with Gasteiger partial charge in [-0.05, 0) is 30.7 Å². The normalized spacial score (nSPS) is 10.3. The Morgan fingerprint density at radius 2 is 2.29 bits per heavy atom. The van der Waals surface area contributed by atoms with E-state index in [9.17, 15) is 4.79 Å². The Hall–Kier alpha value is -0.600. The first-order valence-corrected chi connectivity index (χ1v) is 6.55. The molecule has 0 aromatic heterocycles. The molecule has 1 rings (SSSR count). The highest BCUT2D eigenvalue weighted by Crippen LogP contribution is 2.26. The van der Waals surface area contributed by atoms with Crippen molar-refractivity contribution < 1.29 is 24.2 Å². The molecule has 0 heterocycles. The predicted molar refractivity (Wildman–Crippen MR) is 65.9 cm³/mol. The molecule has 5 nitrogen and oxygen atoms in total. The van der Waals surface area contributed by atoms with Crippen molar-refractivity contribution in [2.24, 2.45) is 0 Å². The number of hydrogen-bond donors (Lipinski definition) is 1. The molecule has 0 aliphatic rings. The minimum Gasteiger partial charge on any atom is -0.426 e. The van der Waals surface area contributed by atoms with Crippen LogP contribution in [0.2, 0.25) is 0 Å². The van der Waals surface area contributed by atoms with Gasteiger partial charge in [0.1, 0.15) is 5.75 Å². The molecule has 0 unspecified atom stereocenters. The third-order valence-corrected chi connectivity index (χ3v) is 2.99. The molecule has 0 fully saturated rings. The van der Waals surface area contributed by atoms with E-state index in [0.717, 1.165) is 22.5 Å². The van der Waals surface area contributed by atoms with E-state index < -0.39 is 0 Å². The second-order valence-electron chi connectivity index (χ2n) is 3.07. The molecule has 0 saturated carbocycles. The maximum Gasteiger partial charge on any atom is 0.312 e. The van der Waals surface area contributed by atoms with E-state index in [4.69, 9.17) is 9.99 Å². The third kappa shape index (κ3) is 5.05. The average Bonchev–Trinajstić information content (AvgIpc) is 2.28. The minimum absolute atomic E-state index is 0.295. The highest BCUT2D eigenvalue weighted by molar-refractivity contribution is 9.09. The van der Waals surface area contributed by atoms with Gasteiger partial charge in [0.15, 0.2) is 0 Å². The second kappa shape index (κ2) is 7.67. The zero-order valence-electron chi connectivity index (χ0n) is 9.01. The van der Waals surface area contributed by atoms with Gasteiger partial charge in [0.25, 0.3) is 0 Å². The summed E-state index contributed by atoms with van der Waals surface area (Å²) in [6, 6.07) is 5.05. The maximum absolute atomic E-state index is 11.2. The Morgan fingerprint density at radius 3 is 2.88 bits per heavy atom. The van der Waals surface area contributed by atoms with Crippen LogP contribution in [-0.4, -0.2) is 16.6 Å². The Kier molecular flexibility index (Phi) is 6.53. The minimum atomic E-state index is -0.295. The van der Waals surface area contributed by atoms with Crippen LogP contribution in [0.1, 0.15) is 12.0 Å². The standard InChI is InChI=1S/C10H11BrO5S/c1-7-6-8(14-10(12)4-5-11)2-3-9(7)17-16-15-13/h2-3,6,13H,4-5H2,1H3. The molecule has 0 amide bonds. The van der Waals surface area contributed by atoms with Gasteiger partial charge in [-0.15, -0.1) is 4.33 Å². The van der Waals surface area contributed by atoms with Crippen LogP contribution in [-0.2, 0) is 14.2 Å². The van der Waals surface area contributed by atoms with Crippen LogP contribution in [0.25, 0.3) is 0 Å². The van der Waals surface area contributed by atoms with Gasteiger partial charge in [-0.3, -0.25) is 4.79 Å². The van der Waals surface area contributed by atoms with Crippen LogP contribution in [0, 0.1) is 6.92 Å². The number of rotatable bonds is 6. The Bertz CT molecular complexity index is 385. The molecule has 17 heavy (non-hydrogen) atoms. The summed E-state index contributed by atoms with van der Waals surface area (Å²) in [7, 11) is 0. The largest absolute Gasteiger partial charge is 0.426 e. The molecule has 0 bridgehead atoms. The molecule has 1 N–H and O–H groups in total. The monoisotopic (exact) mass is 322 g/mol. The Morgan fingerprint density at radius 1 is 1.53 bits per heavy atom. The van der Waals surface area contributed by atoms with E-state index in [1.165, 1.54) is 0 Å². The molecule has 1 aromatic carbocycles. The van der Waals surface area contributed by atoms with Crippen LogP contribution in [0.5, 0.6) is 5.75 Å². The van der Waals surface area contributed by atoms with E-state index in [-0.39, 0.29) is 5.97 Å². The number of esters is 1. The van der Waals surface area contributed by atoms with Crippen LogP contribution in [0.4, 0.5) is 0 Å². The topological polar surface area (TPSA) is 65.0 Å². The number of hydrogen-bond acceptors (Lipinski definition) is 6. The molecular formula is C10H11BrO5S. The lowest BCUT2D eigenvalue weighted by Gasteiger charge is -2.06. The van der Waals surface area contributed by atoms with Gasteiger partial charge >= 0.3 is 5.97 Å². The number of ether oxygens (including phenoxy) is 1. The van der Waals surface area contributed by atoms with Crippen molar-refractivity contribution >= 4 is 33.9 Å². The number of aryl methyl sites for hydroxylation is 1. The van der Waals surface area contributed by atoms with Crippen molar-refractivity contribution in [1.82, 2.24) is 0 Å².